The van der Waals surface area contributed by atoms with E-state index in [2.05, 4.69) is 20.4 Å². The Hall–Kier alpha value is -3.19. The highest BCUT2D eigenvalue weighted by atomic mass is 16.5. The van der Waals surface area contributed by atoms with Crippen molar-refractivity contribution in [2.45, 2.75) is 25.7 Å². The van der Waals surface area contributed by atoms with Gasteiger partial charge in [0.1, 0.15) is 5.75 Å². The lowest BCUT2D eigenvalue weighted by atomic mass is 10.1. The maximum atomic E-state index is 12.2. The second kappa shape index (κ2) is 11.9. The van der Waals surface area contributed by atoms with Crippen LogP contribution in [0.15, 0.2) is 59.0 Å². The fraction of sp³-hybridized carbons (Fsp3) is 0.375. The molecule has 1 heterocycles. The number of nitrogens with one attached hydrogen (secondary N) is 1. The van der Waals surface area contributed by atoms with Gasteiger partial charge in [-0.25, -0.2) is 0 Å². The van der Waals surface area contributed by atoms with E-state index < -0.39 is 0 Å². The number of unbranched alkanes of at least 4 members (excludes halogenated alkanes) is 1. The fourth-order valence-electron chi connectivity index (χ4n) is 3.02. The van der Waals surface area contributed by atoms with Gasteiger partial charge in [0, 0.05) is 24.1 Å². The molecule has 0 saturated heterocycles. The molecule has 0 fully saturated rings. The van der Waals surface area contributed by atoms with Gasteiger partial charge in [-0.15, -0.1) is 10.2 Å². The molecule has 0 atom stereocenters. The highest BCUT2D eigenvalue weighted by Gasteiger charge is 2.10. The number of amides is 1. The molecular formula is C24H30N4O3. The van der Waals surface area contributed by atoms with Gasteiger partial charge in [-0.2, -0.15) is 0 Å². The van der Waals surface area contributed by atoms with Gasteiger partial charge in [-0.1, -0.05) is 18.2 Å². The van der Waals surface area contributed by atoms with Gasteiger partial charge < -0.3 is 19.4 Å². The Morgan fingerprint density at radius 3 is 2.52 bits per heavy atom. The molecule has 1 N–H and O–H groups in total. The van der Waals surface area contributed by atoms with Crippen molar-refractivity contribution in [2.24, 2.45) is 0 Å². The van der Waals surface area contributed by atoms with E-state index in [1.165, 1.54) is 0 Å². The van der Waals surface area contributed by atoms with E-state index in [-0.39, 0.29) is 5.91 Å². The maximum absolute atomic E-state index is 12.2. The first-order chi connectivity index (χ1) is 15.1. The third-order valence-electron chi connectivity index (χ3n) is 4.73. The average Bonchev–Trinajstić information content (AvgIpc) is 3.26. The third kappa shape index (κ3) is 7.53. The summed E-state index contributed by atoms with van der Waals surface area (Å²) in [5.74, 6) is 1.88. The molecule has 7 nitrogen and oxygen atoms in total. The van der Waals surface area contributed by atoms with Gasteiger partial charge in [0.25, 0.3) is 5.91 Å². The summed E-state index contributed by atoms with van der Waals surface area (Å²) in [6.45, 7) is 2.25. The van der Waals surface area contributed by atoms with Gasteiger partial charge in [0.15, 0.2) is 0 Å². The maximum Gasteiger partial charge on any atom is 0.251 e. The molecule has 0 bridgehead atoms. The minimum Gasteiger partial charge on any atom is -0.494 e. The van der Waals surface area contributed by atoms with Crippen LogP contribution in [0.2, 0.25) is 0 Å². The number of nitrogens with zero attached hydrogens (tertiary/aromatic N) is 3. The zero-order valence-corrected chi connectivity index (χ0v) is 18.2. The SMILES string of the molecule is CN(C)CCCNC(=O)c1ccc(-c2nnc(CCCCOc3ccccc3)o2)cc1. The topological polar surface area (TPSA) is 80.5 Å². The van der Waals surface area contributed by atoms with Crippen LogP contribution in [0.3, 0.4) is 0 Å². The molecule has 0 unspecified atom stereocenters. The van der Waals surface area contributed by atoms with E-state index in [0.717, 1.165) is 37.1 Å². The van der Waals surface area contributed by atoms with Gasteiger partial charge in [-0.3, -0.25) is 4.79 Å². The molecule has 0 aliphatic heterocycles. The third-order valence-corrected chi connectivity index (χ3v) is 4.73. The smallest absolute Gasteiger partial charge is 0.251 e. The highest BCUT2D eigenvalue weighted by Crippen LogP contribution is 2.19. The number of aromatic nitrogens is 2. The Kier molecular flexibility index (Phi) is 8.60. The molecule has 1 aromatic heterocycles. The van der Waals surface area contributed by atoms with E-state index in [1.807, 2.05) is 56.6 Å². The van der Waals surface area contributed by atoms with Crippen LogP contribution in [-0.4, -0.2) is 54.8 Å². The molecule has 31 heavy (non-hydrogen) atoms. The van der Waals surface area contributed by atoms with Crippen LogP contribution in [0.25, 0.3) is 11.5 Å². The summed E-state index contributed by atoms with van der Waals surface area (Å²) in [6, 6.07) is 17.0. The van der Waals surface area contributed by atoms with Crippen molar-refractivity contribution < 1.29 is 13.9 Å². The summed E-state index contributed by atoms with van der Waals surface area (Å²) >= 11 is 0. The van der Waals surface area contributed by atoms with Crippen LogP contribution >= 0.6 is 0 Å². The lowest BCUT2D eigenvalue weighted by Crippen LogP contribution is -2.27. The monoisotopic (exact) mass is 422 g/mol. The Morgan fingerprint density at radius 2 is 1.77 bits per heavy atom. The van der Waals surface area contributed by atoms with Crippen molar-refractivity contribution >= 4 is 5.91 Å². The lowest BCUT2D eigenvalue weighted by molar-refractivity contribution is 0.0952. The van der Waals surface area contributed by atoms with Crippen molar-refractivity contribution in [3.8, 4) is 17.2 Å². The summed E-state index contributed by atoms with van der Waals surface area (Å²) in [4.78, 5) is 14.3. The number of carbonyl (C=O) groups is 1. The molecule has 0 aliphatic rings. The highest BCUT2D eigenvalue weighted by molar-refractivity contribution is 5.94. The minimum atomic E-state index is -0.0748. The number of para-hydroxylation sites is 1. The van der Waals surface area contributed by atoms with E-state index in [4.69, 9.17) is 9.15 Å². The summed E-state index contributed by atoms with van der Waals surface area (Å²) in [5, 5.41) is 11.2. The van der Waals surface area contributed by atoms with Gasteiger partial charge >= 0.3 is 0 Å². The van der Waals surface area contributed by atoms with Crippen molar-refractivity contribution in [3.05, 3.63) is 66.1 Å². The number of hydrogen-bond donors (Lipinski definition) is 1. The number of rotatable bonds is 12. The predicted octanol–water partition coefficient (Wildman–Crippen LogP) is 3.82. The van der Waals surface area contributed by atoms with Crippen LogP contribution < -0.4 is 10.1 Å². The average molecular weight is 423 g/mol. The Morgan fingerprint density at radius 1 is 1.00 bits per heavy atom. The number of aryl methyl sites for hydroxylation is 1. The molecule has 0 saturated carbocycles. The molecule has 164 valence electrons. The summed E-state index contributed by atoms with van der Waals surface area (Å²) in [6.07, 6.45) is 3.44. The van der Waals surface area contributed by atoms with Crippen LogP contribution in [0.4, 0.5) is 0 Å². The van der Waals surface area contributed by atoms with Crippen LogP contribution in [-0.2, 0) is 6.42 Å². The van der Waals surface area contributed by atoms with Crippen molar-refractivity contribution in [3.63, 3.8) is 0 Å². The first kappa shape index (κ1) is 22.5. The van der Waals surface area contributed by atoms with E-state index in [0.29, 0.717) is 36.9 Å². The van der Waals surface area contributed by atoms with Crippen LogP contribution in [0.1, 0.15) is 35.5 Å². The molecular weight excluding hydrogens is 392 g/mol. The van der Waals surface area contributed by atoms with Crippen LogP contribution in [0, 0.1) is 0 Å². The van der Waals surface area contributed by atoms with Gasteiger partial charge in [0.05, 0.1) is 6.61 Å². The molecule has 3 aromatic rings. The zero-order valence-electron chi connectivity index (χ0n) is 18.2. The quantitative estimate of drug-likeness (QED) is 0.447. The molecule has 3 rings (SSSR count). The largest absolute Gasteiger partial charge is 0.494 e. The normalized spacial score (nSPS) is 10.9. The molecule has 0 radical (unpaired) electrons. The van der Waals surface area contributed by atoms with Crippen molar-refractivity contribution in [1.29, 1.82) is 0 Å². The fourth-order valence-corrected chi connectivity index (χ4v) is 3.02. The first-order valence-electron chi connectivity index (χ1n) is 10.7. The van der Waals surface area contributed by atoms with Gasteiger partial charge in [-0.05, 0) is 76.3 Å². The molecule has 2 aromatic carbocycles. The standard InChI is InChI=1S/C24H30N4O3/c1-28(2)17-8-16-25-23(29)19-12-14-20(15-13-19)24-27-26-22(31-24)11-6-7-18-30-21-9-4-3-5-10-21/h3-5,9-10,12-15H,6-8,11,16-18H2,1-2H3,(H,25,29). The second-order valence-corrected chi connectivity index (χ2v) is 7.61. The molecule has 0 spiro atoms. The first-order valence-corrected chi connectivity index (χ1v) is 10.7. The van der Waals surface area contributed by atoms with E-state index in [1.54, 1.807) is 12.1 Å². The van der Waals surface area contributed by atoms with Crippen molar-refractivity contribution in [2.75, 3.05) is 33.8 Å². The summed E-state index contributed by atoms with van der Waals surface area (Å²) in [5.41, 5.74) is 1.42. The zero-order chi connectivity index (χ0) is 21.9. The Bertz CT molecular complexity index is 924. The van der Waals surface area contributed by atoms with Crippen LogP contribution in [0.5, 0.6) is 5.75 Å². The lowest BCUT2D eigenvalue weighted by Gasteiger charge is -2.10. The predicted molar refractivity (Wildman–Crippen MR) is 120 cm³/mol. The Labute approximate surface area is 183 Å². The number of benzene rings is 2. The molecule has 1 amide bonds. The Balaban J connectivity index is 1.41. The second-order valence-electron chi connectivity index (χ2n) is 7.61. The summed E-state index contributed by atoms with van der Waals surface area (Å²) in [7, 11) is 4.04. The number of ether oxygens (including phenoxy) is 1. The number of carbonyl (C=O) groups excluding carboxylic acids is 1. The van der Waals surface area contributed by atoms with E-state index in [9.17, 15) is 4.79 Å². The van der Waals surface area contributed by atoms with E-state index >= 15 is 0 Å². The summed E-state index contributed by atoms with van der Waals surface area (Å²) < 4.78 is 11.5. The number of hydrogen-bond acceptors (Lipinski definition) is 6. The molecule has 7 heteroatoms. The molecule has 0 aliphatic carbocycles. The van der Waals surface area contributed by atoms with Gasteiger partial charge in [0.2, 0.25) is 11.8 Å². The minimum absolute atomic E-state index is 0.0748. The van der Waals surface area contributed by atoms with Crippen molar-refractivity contribution in [1.82, 2.24) is 20.4 Å².